The van der Waals surface area contributed by atoms with E-state index in [1.807, 2.05) is 12.1 Å². The van der Waals surface area contributed by atoms with E-state index in [0.717, 1.165) is 8.66 Å². The Kier molecular flexibility index (Phi) is 5.32. The van der Waals surface area contributed by atoms with E-state index in [1.165, 1.54) is 24.3 Å². The molecule has 3 N–H and O–H groups in total. The molecule has 0 radical (unpaired) electrons. The first kappa shape index (κ1) is 14.4. The Morgan fingerprint density at radius 3 is 2.88 bits per heavy atom. The summed E-state index contributed by atoms with van der Waals surface area (Å²) in [5.74, 6) is -0.303. The molecule has 0 saturated carbocycles. The third-order valence-electron chi connectivity index (χ3n) is 1.98. The number of hydrogen-bond donors (Lipinski definition) is 3. The summed E-state index contributed by atoms with van der Waals surface area (Å²) in [7, 11) is 0. The average Bonchev–Trinajstić information content (AvgIpc) is 2.70. The van der Waals surface area contributed by atoms with Gasteiger partial charge in [0, 0.05) is 17.5 Å². The van der Waals surface area contributed by atoms with E-state index in [9.17, 15) is 9.90 Å². The minimum absolute atomic E-state index is 0.0147. The van der Waals surface area contributed by atoms with Gasteiger partial charge in [0.1, 0.15) is 5.60 Å². The molecule has 94 valence electrons. The summed E-state index contributed by atoms with van der Waals surface area (Å²) in [5, 5.41) is 20.8. The largest absolute Gasteiger partial charge is 0.393 e. The standard InChI is InChI=1S/C11H14BrNO3S/c1-11(16,7-14)6-13-10(15)5-3-8-2-4-9(12)17-8/h2-5,14,16H,6-7H2,1H3,(H,13,15). The maximum Gasteiger partial charge on any atom is 0.244 e. The highest BCUT2D eigenvalue weighted by molar-refractivity contribution is 9.11. The van der Waals surface area contributed by atoms with Gasteiger partial charge in [-0.2, -0.15) is 0 Å². The fraction of sp³-hybridized carbons (Fsp3) is 0.364. The lowest BCUT2D eigenvalue weighted by atomic mass is 10.1. The van der Waals surface area contributed by atoms with Crippen LogP contribution in [-0.2, 0) is 4.79 Å². The van der Waals surface area contributed by atoms with Gasteiger partial charge in [0.15, 0.2) is 0 Å². The number of carbonyl (C=O) groups excluding carboxylic acids is 1. The topological polar surface area (TPSA) is 69.6 Å². The zero-order valence-electron chi connectivity index (χ0n) is 9.31. The van der Waals surface area contributed by atoms with Gasteiger partial charge in [0.25, 0.3) is 0 Å². The predicted molar refractivity (Wildman–Crippen MR) is 71.8 cm³/mol. The van der Waals surface area contributed by atoms with Gasteiger partial charge in [-0.15, -0.1) is 11.3 Å². The summed E-state index contributed by atoms with van der Waals surface area (Å²) in [5.41, 5.74) is -1.28. The molecule has 1 heterocycles. The Balaban J connectivity index is 2.42. The molecule has 0 saturated heterocycles. The zero-order valence-corrected chi connectivity index (χ0v) is 11.7. The number of aliphatic hydroxyl groups excluding tert-OH is 1. The summed E-state index contributed by atoms with van der Waals surface area (Å²) < 4.78 is 1.00. The lowest BCUT2D eigenvalue weighted by molar-refractivity contribution is -0.117. The number of hydrogen-bond acceptors (Lipinski definition) is 4. The minimum Gasteiger partial charge on any atom is -0.393 e. The SMILES string of the molecule is CC(O)(CO)CNC(=O)C=Cc1ccc(Br)s1. The van der Waals surface area contributed by atoms with Crippen molar-refractivity contribution in [2.45, 2.75) is 12.5 Å². The molecule has 1 rings (SSSR count). The van der Waals surface area contributed by atoms with Crippen LogP contribution in [0.4, 0.5) is 0 Å². The first-order valence-electron chi connectivity index (χ1n) is 4.97. The molecule has 1 atom stereocenters. The average molecular weight is 320 g/mol. The molecule has 0 spiro atoms. The van der Waals surface area contributed by atoms with Crippen molar-refractivity contribution in [1.29, 1.82) is 0 Å². The third kappa shape index (κ3) is 5.45. The van der Waals surface area contributed by atoms with E-state index in [2.05, 4.69) is 21.2 Å². The summed E-state index contributed by atoms with van der Waals surface area (Å²) in [4.78, 5) is 12.3. The fourth-order valence-corrected chi connectivity index (χ4v) is 2.29. The molecule has 0 aliphatic heterocycles. The van der Waals surface area contributed by atoms with Crippen molar-refractivity contribution in [3.63, 3.8) is 0 Å². The molecule has 0 aliphatic rings. The Morgan fingerprint density at radius 1 is 1.65 bits per heavy atom. The number of aliphatic hydroxyl groups is 2. The van der Waals surface area contributed by atoms with Crippen LogP contribution in [0.25, 0.3) is 6.08 Å². The second-order valence-electron chi connectivity index (χ2n) is 3.85. The predicted octanol–water partition coefficient (Wildman–Crippen LogP) is 1.38. The van der Waals surface area contributed by atoms with Gasteiger partial charge in [-0.05, 0) is 41.1 Å². The van der Waals surface area contributed by atoms with Gasteiger partial charge in [-0.1, -0.05) is 0 Å². The first-order chi connectivity index (χ1) is 7.93. The summed E-state index contributed by atoms with van der Waals surface area (Å²) >= 11 is 4.85. The molecular formula is C11H14BrNO3S. The number of rotatable bonds is 5. The summed E-state index contributed by atoms with van der Waals surface area (Å²) in [6.45, 7) is 1.07. The number of amides is 1. The Bertz CT molecular complexity index is 415. The van der Waals surface area contributed by atoms with Gasteiger partial charge in [0.2, 0.25) is 5.91 Å². The van der Waals surface area contributed by atoms with Crippen molar-refractivity contribution in [3.8, 4) is 0 Å². The highest BCUT2D eigenvalue weighted by atomic mass is 79.9. The first-order valence-corrected chi connectivity index (χ1v) is 6.58. The van der Waals surface area contributed by atoms with Crippen molar-refractivity contribution in [1.82, 2.24) is 5.32 Å². The number of thiophene rings is 1. The smallest absolute Gasteiger partial charge is 0.244 e. The number of nitrogens with one attached hydrogen (secondary N) is 1. The van der Waals surface area contributed by atoms with Gasteiger partial charge < -0.3 is 15.5 Å². The molecule has 6 heteroatoms. The monoisotopic (exact) mass is 319 g/mol. The van der Waals surface area contributed by atoms with E-state index in [0.29, 0.717) is 0 Å². The molecule has 1 aromatic rings. The van der Waals surface area contributed by atoms with Crippen molar-refractivity contribution in [2.75, 3.05) is 13.2 Å². The number of halogens is 1. The van der Waals surface area contributed by atoms with Crippen molar-refractivity contribution in [3.05, 3.63) is 26.9 Å². The molecule has 1 unspecified atom stereocenters. The molecule has 0 aromatic carbocycles. The second-order valence-corrected chi connectivity index (χ2v) is 6.34. The normalized spacial score (nSPS) is 14.8. The lowest BCUT2D eigenvalue weighted by Gasteiger charge is -2.19. The van der Waals surface area contributed by atoms with E-state index in [-0.39, 0.29) is 12.5 Å². The van der Waals surface area contributed by atoms with Crippen LogP contribution in [0.2, 0.25) is 0 Å². The van der Waals surface area contributed by atoms with Crippen LogP contribution in [0.1, 0.15) is 11.8 Å². The Labute approximate surface area is 112 Å². The highest BCUT2D eigenvalue weighted by Gasteiger charge is 2.18. The van der Waals surface area contributed by atoms with Crippen LogP contribution in [0.15, 0.2) is 22.0 Å². The van der Waals surface area contributed by atoms with Crippen LogP contribution in [-0.4, -0.2) is 34.9 Å². The van der Waals surface area contributed by atoms with Crippen LogP contribution in [0.5, 0.6) is 0 Å². The van der Waals surface area contributed by atoms with Crippen molar-refractivity contribution < 1.29 is 15.0 Å². The molecule has 1 amide bonds. The van der Waals surface area contributed by atoms with Crippen LogP contribution >= 0.6 is 27.3 Å². The minimum atomic E-state index is -1.28. The van der Waals surface area contributed by atoms with Crippen molar-refractivity contribution in [2.24, 2.45) is 0 Å². The Morgan fingerprint density at radius 2 is 2.35 bits per heavy atom. The second kappa shape index (κ2) is 6.30. The molecule has 0 bridgehead atoms. The lowest BCUT2D eigenvalue weighted by Crippen LogP contribution is -2.42. The highest BCUT2D eigenvalue weighted by Crippen LogP contribution is 2.22. The van der Waals surface area contributed by atoms with E-state index in [4.69, 9.17) is 5.11 Å². The third-order valence-corrected chi connectivity index (χ3v) is 3.57. The molecule has 1 aromatic heterocycles. The van der Waals surface area contributed by atoms with Gasteiger partial charge >= 0.3 is 0 Å². The van der Waals surface area contributed by atoms with E-state index in [1.54, 1.807) is 6.08 Å². The molecule has 0 fully saturated rings. The van der Waals surface area contributed by atoms with E-state index < -0.39 is 12.2 Å². The fourth-order valence-electron chi connectivity index (χ4n) is 0.968. The van der Waals surface area contributed by atoms with E-state index >= 15 is 0 Å². The number of carbonyl (C=O) groups is 1. The van der Waals surface area contributed by atoms with Crippen LogP contribution < -0.4 is 5.32 Å². The van der Waals surface area contributed by atoms with Gasteiger partial charge in [-0.3, -0.25) is 4.79 Å². The quantitative estimate of drug-likeness (QED) is 0.718. The summed E-state index contributed by atoms with van der Waals surface area (Å²) in [6.07, 6.45) is 3.09. The van der Waals surface area contributed by atoms with Crippen LogP contribution in [0, 0.1) is 0 Å². The van der Waals surface area contributed by atoms with Crippen molar-refractivity contribution >= 4 is 39.2 Å². The maximum absolute atomic E-state index is 11.4. The van der Waals surface area contributed by atoms with Gasteiger partial charge in [-0.25, -0.2) is 0 Å². The molecule has 4 nitrogen and oxygen atoms in total. The maximum atomic E-state index is 11.4. The van der Waals surface area contributed by atoms with Gasteiger partial charge in [0.05, 0.1) is 10.4 Å². The Hall–Kier alpha value is -0.690. The molecule has 17 heavy (non-hydrogen) atoms. The zero-order chi connectivity index (χ0) is 12.9. The molecule has 0 aliphatic carbocycles. The van der Waals surface area contributed by atoms with Crippen LogP contribution in [0.3, 0.4) is 0 Å². The molecular weight excluding hydrogens is 306 g/mol. The summed E-state index contributed by atoms with van der Waals surface area (Å²) in [6, 6.07) is 3.79.